The van der Waals surface area contributed by atoms with Crippen LogP contribution in [-0.4, -0.2) is 12.4 Å². The molecule has 3 aromatic rings. The zero-order chi connectivity index (χ0) is 15.2. The first-order valence-corrected chi connectivity index (χ1v) is 8.21. The molecule has 0 N–H and O–H groups in total. The van der Waals surface area contributed by atoms with Crippen LogP contribution in [0.3, 0.4) is 0 Å². The second kappa shape index (κ2) is 4.96. The van der Waals surface area contributed by atoms with E-state index in [1.54, 1.807) is 11.3 Å². The molecular formula is C19H16O2S. The van der Waals surface area contributed by atoms with Gasteiger partial charge in [0, 0.05) is 22.1 Å². The van der Waals surface area contributed by atoms with Gasteiger partial charge in [-0.3, -0.25) is 4.79 Å². The Morgan fingerprint density at radius 3 is 2.82 bits per heavy atom. The van der Waals surface area contributed by atoms with E-state index in [1.165, 1.54) is 4.70 Å². The number of carbonyl (C=O) groups is 1. The number of fused-ring (bicyclic) bond motifs is 2. The molecule has 0 bridgehead atoms. The molecule has 0 unspecified atom stereocenters. The van der Waals surface area contributed by atoms with Crippen LogP contribution in [-0.2, 0) is 5.41 Å². The lowest BCUT2D eigenvalue weighted by Gasteiger charge is -2.21. The van der Waals surface area contributed by atoms with Crippen molar-refractivity contribution in [3.63, 3.8) is 0 Å². The van der Waals surface area contributed by atoms with Crippen molar-refractivity contribution >= 4 is 27.2 Å². The molecule has 2 heterocycles. The van der Waals surface area contributed by atoms with Crippen LogP contribution in [0.2, 0.25) is 0 Å². The van der Waals surface area contributed by atoms with Crippen LogP contribution in [0, 0.1) is 0 Å². The van der Waals surface area contributed by atoms with Crippen LogP contribution in [0.15, 0.2) is 54.6 Å². The van der Waals surface area contributed by atoms with Gasteiger partial charge < -0.3 is 4.74 Å². The van der Waals surface area contributed by atoms with Crippen LogP contribution in [0.1, 0.15) is 28.6 Å². The maximum atomic E-state index is 12.7. The molecule has 2 aromatic carbocycles. The van der Waals surface area contributed by atoms with E-state index in [4.69, 9.17) is 4.74 Å². The van der Waals surface area contributed by atoms with Crippen molar-refractivity contribution in [2.75, 3.05) is 6.61 Å². The Hall–Kier alpha value is -2.13. The van der Waals surface area contributed by atoms with Gasteiger partial charge in [0.1, 0.15) is 5.75 Å². The average molecular weight is 308 g/mol. The van der Waals surface area contributed by atoms with E-state index >= 15 is 0 Å². The molecule has 1 aliphatic heterocycles. The highest BCUT2D eigenvalue weighted by atomic mass is 32.1. The Labute approximate surface area is 133 Å². The quantitative estimate of drug-likeness (QED) is 0.648. The summed E-state index contributed by atoms with van der Waals surface area (Å²) in [5, 5.41) is 1.14. The Morgan fingerprint density at radius 2 is 1.95 bits per heavy atom. The van der Waals surface area contributed by atoms with Gasteiger partial charge in [0.2, 0.25) is 0 Å². The molecule has 1 atom stereocenters. The molecule has 0 saturated carbocycles. The third kappa shape index (κ3) is 2.13. The molecule has 0 saturated heterocycles. The van der Waals surface area contributed by atoms with Crippen LogP contribution >= 0.6 is 11.3 Å². The van der Waals surface area contributed by atoms with E-state index in [2.05, 4.69) is 25.1 Å². The predicted molar refractivity (Wildman–Crippen MR) is 90.1 cm³/mol. The second-order valence-electron chi connectivity index (χ2n) is 6.09. The van der Waals surface area contributed by atoms with Gasteiger partial charge in [-0.25, -0.2) is 0 Å². The maximum absolute atomic E-state index is 12.7. The molecule has 22 heavy (non-hydrogen) atoms. The molecule has 0 aliphatic carbocycles. The first-order chi connectivity index (χ1) is 10.7. The van der Waals surface area contributed by atoms with Crippen LogP contribution in [0.4, 0.5) is 0 Å². The second-order valence-corrected chi connectivity index (χ2v) is 7.18. The summed E-state index contributed by atoms with van der Waals surface area (Å²) in [7, 11) is 0. The highest BCUT2D eigenvalue weighted by molar-refractivity contribution is 7.20. The number of hydrogen-bond donors (Lipinski definition) is 0. The van der Waals surface area contributed by atoms with Crippen molar-refractivity contribution in [2.24, 2.45) is 0 Å². The van der Waals surface area contributed by atoms with E-state index in [9.17, 15) is 4.79 Å². The number of para-hydroxylation sites is 1. The minimum absolute atomic E-state index is 0.198. The summed E-state index contributed by atoms with van der Waals surface area (Å²) in [6, 6.07) is 18.2. The smallest absolute Gasteiger partial charge is 0.173 e. The van der Waals surface area contributed by atoms with Crippen molar-refractivity contribution in [2.45, 2.75) is 18.8 Å². The third-order valence-corrected chi connectivity index (χ3v) is 5.49. The Balaban J connectivity index is 1.65. The fourth-order valence-electron chi connectivity index (χ4n) is 3.11. The van der Waals surface area contributed by atoms with Gasteiger partial charge in [-0.1, -0.05) is 43.3 Å². The summed E-state index contributed by atoms with van der Waals surface area (Å²) in [6.07, 6.45) is 0.483. The third-order valence-electron chi connectivity index (χ3n) is 4.33. The maximum Gasteiger partial charge on any atom is 0.173 e. The topological polar surface area (TPSA) is 26.3 Å². The van der Waals surface area contributed by atoms with Gasteiger partial charge in [0.15, 0.2) is 5.78 Å². The van der Waals surface area contributed by atoms with Crippen LogP contribution < -0.4 is 4.74 Å². The molecule has 110 valence electrons. The molecule has 2 nitrogen and oxygen atoms in total. The first kappa shape index (κ1) is 13.5. The fraction of sp³-hybridized carbons (Fsp3) is 0.211. The minimum Gasteiger partial charge on any atom is -0.492 e. The molecule has 0 fully saturated rings. The summed E-state index contributed by atoms with van der Waals surface area (Å²) in [6.45, 7) is 2.69. The van der Waals surface area contributed by atoms with E-state index in [-0.39, 0.29) is 11.2 Å². The van der Waals surface area contributed by atoms with Crippen molar-refractivity contribution in [3.05, 3.63) is 65.0 Å². The minimum atomic E-state index is -0.232. The predicted octanol–water partition coefficient (Wildman–Crippen LogP) is 4.82. The van der Waals surface area contributed by atoms with E-state index < -0.39 is 0 Å². The van der Waals surface area contributed by atoms with E-state index in [0.29, 0.717) is 13.0 Å². The van der Waals surface area contributed by atoms with Gasteiger partial charge >= 0.3 is 0 Å². The monoisotopic (exact) mass is 308 g/mol. The van der Waals surface area contributed by atoms with Gasteiger partial charge in [-0.2, -0.15) is 0 Å². The SMILES string of the molecule is C[C@]1(CC(=O)c2cc3ccccc3s2)COc2ccccc21. The summed E-state index contributed by atoms with van der Waals surface area (Å²) in [5.74, 6) is 1.11. The molecular weight excluding hydrogens is 292 g/mol. The Bertz CT molecular complexity index is 832. The van der Waals surface area contributed by atoms with E-state index in [1.807, 2.05) is 36.4 Å². The van der Waals surface area contributed by atoms with Gasteiger partial charge in [-0.15, -0.1) is 11.3 Å². The molecule has 0 spiro atoms. The zero-order valence-electron chi connectivity index (χ0n) is 12.3. The van der Waals surface area contributed by atoms with Gasteiger partial charge in [0.05, 0.1) is 11.5 Å². The highest BCUT2D eigenvalue weighted by Gasteiger charge is 2.38. The number of carbonyl (C=O) groups excluding carboxylic acids is 1. The number of ketones is 1. The van der Waals surface area contributed by atoms with Crippen LogP contribution in [0.25, 0.3) is 10.1 Å². The van der Waals surface area contributed by atoms with E-state index in [0.717, 1.165) is 21.6 Å². The van der Waals surface area contributed by atoms with Gasteiger partial charge in [0.25, 0.3) is 0 Å². The number of thiophene rings is 1. The highest BCUT2D eigenvalue weighted by Crippen LogP contribution is 2.41. The lowest BCUT2D eigenvalue weighted by Crippen LogP contribution is -2.27. The largest absolute Gasteiger partial charge is 0.492 e. The van der Waals surface area contributed by atoms with Crippen molar-refractivity contribution < 1.29 is 9.53 Å². The van der Waals surface area contributed by atoms with Crippen molar-refractivity contribution in [1.82, 2.24) is 0 Å². The number of Topliss-reactive ketones (excluding diaryl/α,β-unsaturated/α-hetero) is 1. The Morgan fingerprint density at radius 1 is 1.18 bits per heavy atom. The average Bonchev–Trinajstić information content (AvgIpc) is 3.10. The molecule has 3 heteroatoms. The molecule has 1 aliphatic rings. The normalized spacial score (nSPS) is 19.9. The van der Waals surface area contributed by atoms with Crippen molar-refractivity contribution in [1.29, 1.82) is 0 Å². The first-order valence-electron chi connectivity index (χ1n) is 7.40. The molecule has 1 aromatic heterocycles. The molecule has 0 amide bonds. The summed E-state index contributed by atoms with van der Waals surface area (Å²) >= 11 is 1.58. The summed E-state index contributed by atoms with van der Waals surface area (Å²) in [5.41, 5.74) is 0.911. The standard InChI is InChI=1S/C19H16O2S/c1-19(12-21-16-8-4-3-7-14(16)19)11-15(20)18-10-13-6-2-5-9-17(13)22-18/h2-10H,11-12H2,1H3/t19-/m0/s1. The summed E-state index contributed by atoms with van der Waals surface area (Å²) in [4.78, 5) is 13.6. The lowest BCUT2D eigenvalue weighted by molar-refractivity contribution is 0.0948. The summed E-state index contributed by atoms with van der Waals surface area (Å²) < 4.78 is 6.93. The molecule has 4 rings (SSSR count). The zero-order valence-corrected chi connectivity index (χ0v) is 13.2. The number of hydrogen-bond acceptors (Lipinski definition) is 3. The number of benzene rings is 2. The Kier molecular flexibility index (Phi) is 3.05. The number of ether oxygens (including phenoxy) is 1. The fourth-order valence-corrected chi connectivity index (χ4v) is 4.11. The van der Waals surface area contributed by atoms with Crippen LogP contribution in [0.5, 0.6) is 5.75 Å². The molecule has 0 radical (unpaired) electrons. The lowest BCUT2D eigenvalue weighted by atomic mass is 9.80. The number of rotatable bonds is 3. The van der Waals surface area contributed by atoms with Crippen molar-refractivity contribution in [3.8, 4) is 5.75 Å². The van der Waals surface area contributed by atoms with Gasteiger partial charge in [-0.05, 0) is 23.6 Å².